The number of anilines is 1. The van der Waals surface area contributed by atoms with Gasteiger partial charge >= 0.3 is 0 Å². The number of carbonyl (C=O) groups is 1. The van der Waals surface area contributed by atoms with Crippen molar-refractivity contribution in [3.63, 3.8) is 0 Å². The van der Waals surface area contributed by atoms with E-state index < -0.39 is 0 Å². The van der Waals surface area contributed by atoms with Crippen LogP contribution in [0.15, 0.2) is 18.3 Å². The molecule has 0 saturated heterocycles. The summed E-state index contributed by atoms with van der Waals surface area (Å²) in [5.74, 6) is -0.112. The zero-order valence-electron chi connectivity index (χ0n) is 11.0. The highest BCUT2D eigenvalue weighted by atomic mass is 16.2. The van der Waals surface area contributed by atoms with Crippen LogP contribution in [0, 0.1) is 0 Å². The second kappa shape index (κ2) is 5.66. The molecule has 4 heteroatoms. The molecule has 17 heavy (non-hydrogen) atoms. The maximum Gasteiger partial charge on any atom is 0.270 e. The summed E-state index contributed by atoms with van der Waals surface area (Å²) in [7, 11) is 1.82. The molecule has 0 atom stereocenters. The summed E-state index contributed by atoms with van der Waals surface area (Å²) in [5.41, 5.74) is 1.20. The van der Waals surface area contributed by atoms with E-state index in [1.165, 1.54) is 0 Å². The third kappa shape index (κ3) is 3.44. The third-order valence-corrected chi connectivity index (χ3v) is 3.26. The summed E-state index contributed by atoms with van der Waals surface area (Å²) in [5, 5.41) is 5.99. The molecule has 0 aliphatic heterocycles. The van der Waals surface area contributed by atoms with Crippen molar-refractivity contribution in [2.45, 2.75) is 39.2 Å². The lowest BCUT2D eigenvalue weighted by Crippen LogP contribution is -2.45. The predicted octanol–water partition coefficient (Wildman–Crippen LogP) is 2.43. The Morgan fingerprint density at radius 3 is 2.41 bits per heavy atom. The quantitative estimate of drug-likeness (QED) is 0.824. The van der Waals surface area contributed by atoms with Gasteiger partial charge < -0.3 is 10.6 Å². The lowest BCUT2D eigenvalue weighted by atomic mass is 9.95. The molecule has 0 fully saturated rings. The Bertz CT molecular complexity index is 369. The first-order chi connectivity index (χ1) is 8.04. The molecule has 0 spiro atoms. The fraction of sp³-hybridized carbons (Fsp3) is 0.538. The molecule has 0 bridgehead atoms. The van der Waals surface area contributed by atoms with E-state index in [1.54, 1.807) is 12.3 Å². The highest BCUT2D eigenvalue weighted by molar-refractivity contribution is 5.92. The van der Waals surface area contributed by atoms with Crippen LogP contribution in [-0.2, 0) is 0 Å². The molecule has 0 aromatic carbocycles. The van der Waals surface area contributed by atoms with Crippen molar-refractivity contribution in [2.24, 2.45) is 0 Å². The zero-order valence-corrected chi connectivity index (χ0v) is 11.0. The Labute approximate surface area is 103 Å². The van der Waals surface area contributed by atoms with Gasteiger partial charge in [-0.15, -0.1) is 0 Å². The minimum atomic E-state index is -0.152. The Kier molecular flexibility index (Phi) is 4.49. The van der Waals surface area contributed by atoms with Crippen LogP contribution >= 0.6 is 0 Å². The first-order valence-corrected chi connectivity index (χ1v) is 6.01. The zero-order chi connectivity index (χ0) is 12.9. The van der Waals surface area contributed by atoms with E-state index in [4.69, 9.17) is 0 Å². The standard InChI is InChI=1S/C13H21N3O/c1-5-13(3,6-2)16-12(17)11-8-7-10(14-4)9-15-11/h7-9,14H,5-6H2,1-4H3,(H,16,17). The van der Waals surface area contributed by atoms with Gasteiger partial charge in [-0.3, -0.25) is 4.79 Å². The first kappa shape index (κ1) is 13.5. The molecule has 1 heterocycles. The molecular weight excluding hydrogens is 214 g/mol. The van der Waals surface area contributed by atoms with Gasteiger partial charge in [0.25, 0.3) is 5.91 Å². The fourth-order valence-corrected chi connectivity index (χ4v) is 1.44. The molecule has 1 aromatic rings. The van der Waals surface area contributed by atoms with Crippen molar-refractivity contribution in [3.05, 3.63) is 24.0 Å². The van der Waals surface area contributed by atoms with E-state index in [9.17, 15) is 4.79 Å². The van der Waals surface area contributed by atoms with E-state index in [-0.39, 0.29) is 11.4 Å². The van der Waals surface area contributed by atoms with Crippen LogP contribution in [0.4, 0.5) is 5.69 Å². The van der Waals surface area contributed by atoms with E-state index >= 15 is 0 Å². The highest BCUT2D eigenvalue weighted by Crippen LogP contribution is 2.14. The van der Waals surface area contributed by atoms with E-state index in [0.717, 1.165) is 18.5 Å². The molecule has 0 unspecified atom stereocenters. The largest absolute Gasteiger partial charge is 0.387 e. The van der Waals surface area contributed by atoms with E-state index in [1.807, 2.05) is 20.0 Å². The van der Waals surface area contributed by atoms with Crippen LogP contribution in [0.5, 0.6) is 0 Å². The molecule has 1 rings (SSSR count). The normalized spacial score (nSPS) is 11.1. The number of hydrogen-bond acceptors (Lipinski definition) is 3. The highest BCUT2D eigenvalue weighted by Gasteiger charge is 2.22. The number of aromatic nitrogens is 1. The summed E-state index contributed by atoms with van der Waals surface area (Å²) < 4.78 is 0. The molecule has 1 amide bonds. The van der Waals surface area contributed by atoms with Crippen molar-refractivity contribution in [1.82, 2.24) is 10.3 Å². The van der Waals surface area contributed by atoms with Crippen LogP contribution in [0.2, 0.25) is 0 Å². The molecule has 94 valence electrons. The number of rotatable bonds is 5. The summed E-state index contributed by atoms with van der Waals surface area (Å²) in [6.45, 7) is 6.19. The van der Waals surface area contributed by atoms with Crippen LogP contribution in [0.1, 0.15) is 44.1 Å². The van der Waals surface area contributed by atoms with Crippen molar-refractivity contribution in [2.75, 3.05) is 12.4 Å². The number of amides is 1. The second-order valence-corrected chi connectivity index (χ2v) is 4.40. The molecule has 1 aromatic heterocycles. The van der Waals surface area contributed by atoms with Gasteiger partial charge in [-0.05, 0) is 31.9 Å². The minimum absolute atomic E-state index is 0.112. The van der Waals surface area contributed by atoms with Crippen LogP contribution in [0.25, 0.3) is 0 Å². The maximum atomic E-state index is 12.0. The van der Waals surface area contributed by atoms with Gasteiger partial charge in [-0.25, -0.2) is 4.98 Å². The summed E-state index contributed by atoms with van der Waals surface area (Å²) in [6, 6.07) is 3.57. The van der Waals surface area contributed by atoms with Gasteiger partial charge in [0.1, 0.15) is 5.69 Å². The van der Waals surface area contributed by atoms with Gasteiger partial charge in [0, 0.05) is 12.6 Å². The number of nitrogens with one attached hydrogen (secondary N) is 2. The number of nitrogens with zero attached hydrogens (tertiary/aromatic N) is 1. The summed E-state index contributed by atoms with van der Waals surface area (Å²) >= 11 is 0. The average Bonchev–Trinajstić information content (AvgIpc) is 2.38. The Morgan fingerprint density at radius 1 is 1.35 bits per heavy atom. The fourth-order valence-electron chi connectivity index (χ4n) is 1.44. The van der Waals surface area contributed by atoms with Crippen molar-refractivity contribution in [1.29, 1.82) is 0 Å². The summed E-state index contributed by atoms with van der Waals surface area (Å²) in [6.07, 6.45) is 3.47. The molecule has 0 saturated carbocycles. The third-order valence-electron chi connectivity index (χ3n) is 3.26. The SMILES string of the molecule is CCC(C)(CC)NC(=O)c1ccc(NC)cn1. The van der Waals surface area contributed by atoms with Crippen molar-refractivity contribution in [3.8, 4) is 0 Å². The molecule has 4 nitrogen and oxygen atoms in total. The molecule has 0 aliphatic carbocycles. The molecular formula is C13H21N3O. The van der Waals surface area contributed by atoms with E-state index in [0.29, 0.717) is 5.69 Å². The second-order valence-electron chi connectivity index (χ2n) is 4.40. The topological polar surface area (TPSA) is 54.0 Å². The molecule has 0 radical (unpaired) electrons. The Morgan fingerprint density at radius 2 is 2.00 bits per heavy atom. The molecule has 0 aliphatic rings. The van der Waals surface area contributed by atoms with Crippen LogP contribution in [-0.4, -0.2) is 23.5 Å². The predicted molar refractivity (Wildman–Crippen MR) is 70.2 cm³/mol. The maximum absolute atomic E-state index is 12.0. The van der Waals surface area contributed by atoms with Gasteiger partial charge in [0.15, 0.2) is 0 Å². The van der Waals surface area contributed by atoms with Gasteiger partial charge in [0.05, 0.1) is 11.9 Å². The van der Waals surface area contributed by atoms with Gasteiger partial charge in [-0.2, -0.15) is 0 Å². The van der Waals surface area contributed by atoms with Crippen molar-refractivity contribution >= 4 is 11.6 Å². The lowest BCUT2D eigenvalue weighted by Gasteiger charge is -2.27. The number of carbonyl (C=O) groups excluding carboxylic acids is 1. The molecule has 2 N–H and O–H groups in total. The first-order valence-electron chi connectivity index (χ1n) is 6.01. The van der Waals surface area contributed by atoms with Crippen LogP contribution < -0.4 is 10.6 Å². The van der Waals surface area contributed by atoms with Crippen molar-refractivity contribution < 1.29 is 4.79 Å². The number of hydrogen-bond donors (Lipinski definition) is 2. The Balaban J connectivity index is 2.75. The lowest BCUT2D eigenvalue weighted by molar-refractivity contribution is 0.0896. The number of pyridine rings is 1. The van der Waals surface area contributed by atoms with Gasteiger partial charge in [0.2, 0.25) is 0 Å². The monoisotopic (exact) mass is 235 g/mol. The van der Waals surface area contributed by atoms with E-state index in [2.05, 4.69) is 29.5 Å². The van der Waals surface area contributed by atoms with Gasteiger partial charge in [-0.1, -0.05) is 13.8 Å². The Hall–Kier alpha value is -1.58. The summed E-state index contributed by atoms with van der Waals surface area (Å²) in [4.78, 5) is 16.1. The van der Waals surface area contributed by atoms with Crippen LogP contribution in [0.3, 0.4) is 0 Å². The minimum Gasteiger partial charge on any atom is -0.387 e. The average molecular weight is 235 g/mol. The smallest absolute Gasteiger partial charge is 0.270 e.